The predicted molar refractivity (Wildman–Crippen MR) is 53.0 cm³/mol. The van der Waals surface area contributed by atoms with Crippen molar-refractivity contribution in [2.24, 2.45) is 5.92 Å². The molecule has 1 nitrogen and oxygen atoms in total. The number of ketones is 1. The second-order valence-electron chi connectivity index (χ2n) is 2.95. The Morgan fingerprint density at radius 1 is 1.17 bits per heavy atom. The molecular weight excluding hydrogens is 148 g/mol. The maximum absolute atomic E-state index is 11.1. The number of hydrogen-bond acceptors (Lipinski definition) is 1. The minimum atomic E-state index is 0.188. The SMILES string of the molecule is CC.CC1=C(C(C)C)C(=O)C=C1. The molecule has 0 fully saturated rings. The van der Waals surface area contributed by atoms with E-state index in [1.807, 2.05) is 40.7 Å². The largest absolute Gasteiger partial charge is 0.290 e. The zero-order chi connectivity index (χ0) is 9.72. The van der Waals surface area contributed by atoms with Gasteiger partial charge in [-0.25, -0.2) is 0 Å². The molecule has 0 aromatic carbocycles. The molecule has 68 valence electrons. The molecule has 0 aliphatic heterocycles. The van der Waals surface area contributed by atoms with E-state index in [-0.39, 0.29) is 5.78 Å². The number of allylic oxidation sites excluding steroid dienone is 4. The molecule has 1 heteroatoms. The summed E-state index contributed by atoms with van der Waals surface area (Å²) in [6.45, 7) is 10.1. The minimum Gasteiger partial charge on any atom is -0.290 e. The molecule has 1 aliphatic carbocycles. The van der Waals surface area contributed by atoms with Crippen molar-refractivity contribution in [1.82, 2.24) is 0 Å². The van der Waals surface area contributed by atoms with Crippen molar-refractivity contribution >= 4 is 5.78 Å². The number of rotatable bonds is 1. The molecule has 12 heavy (non-hydrogen) atoms. The molecule has 0 bridgehead atoms. The molecule has 0 unspecified atom stereocenters. The fourth-order valence-electron chi connectivity index (χ4n) is 1.31. The first kappa shape index (κ1) is 11.2. The molecule has 0 radical (unpaired) electrons. The van der Waals surface area contributed by atoms with Gasteiger partial charge in [-0.2, -0.15) is 0 Å². The van der Waals surface area contributed by atoms with Gasteiger partial charge in [0.1, 0.15) is 0 Å². The van der Waals surface area contributed by atoms with Crippen molar-refractivity contribution in [3.63, 3.8) is 0 Å². The number of carbonyl (C=O) groups is 1. The van der Waals surface area contributed by atoms with Gasteiger partial charge in [-0.1, -0.05) is 33.8 Å². The highest BCUT2D eigenvalue weighted by Gasteiger charge is 2.16. The highest BCUT2D eigenvalue weighted by atomic mass is 16.1. The molecule has 1 aliphatic rings. The van der Waals surface area contributed by atoms with E-state index in [1.165, 1.54) is 0 Å². The first-order valence-corrected chi connectivity index (χ1v) is 4.56. The van der Waals surface area contributed by atoms with E-state index < -0.39 is 0 Å². The molecule has 1 rings (SSSR count). The monoisotopic (exact) mass is 166 g/mol. The lowest BCUT2D eigenvalue weighted by molar-refractivity contribution is -0.111. The maximum Gasteiger partial charge on any atom is 0.182 e. The molecular formula is C11H18O. The number of carbonyl (C=O) groups excluding carboxylic acids is 1. The maximum atomic E-state index is 11.1. The second-order valence-corrected chi connectivity index (χ2v) is 2.95. The normalized spacial score (nSPS) is 15.3. The second kappa shape index (κ2) is 4.91. The Bertz CT molecular complexity index is 219. The summed E-state index contributed by atoms with van der Waals surface area (Å²) in [6, 6.07) is 0. The van der Waals surface area contributed by atoms with Gasteiger partial charge in [-0.15, -0.1) is 0 Å². The zero-order valence-electron chi connectivity index (χ0n) is 8.64. The van der Waals surface area contributed by atoms with Crippen LogP contribution < -0.4 is 0 Å². The van der Waals surface area contributed by atoms with Crippen molar-refractivity contribution in [2.45, 2.75) is 34.6 Å². The van der Waals surface area contributed by atoms with Crippen LogP contribution in [0, 0.1) is 5.92 Å². The smallest absolute Gasteiger partial charge is 0.182 e. The van der Waals surface area contributed by atoms with Crippen LogP contribution in [0.3, 0.4) is 0 Å². The third kappa shape index (κ3) is 2.33. The minimum absolute atomic E-state index is 0.188. The van der Waals surface area contributed by atoms with Gasteiger partial charge in [0.15, 0.2) is 5.78 Å². The summed E-state index contributed by atoms with van der Waals surface area (Å²) in [5.74, 6) is 0.551. The van der Waals surface area contributed by atoms with Crippen LogP contribution >= 0.6 is 0 Å². The standard InChI is InChI=1S/C9H12O.C2H6/c1-6(2)9-7(3)4-5-8(9)10;1-2/h4-6H,1-3H3;1-2H3. The van der Waals surface area contributed by atoms with Crippen molar-refractivity contribution in [3.8, 4) is 0 Å². The summed E-state index contributed by atoms with van der Waals surface area (Å²) < 4.78 is 0. The third-order valence-corrected chi connectivity index (χ3v) is 1.75. The molecule has 0 aromatic heterocycles. The van der Waals surface area contributed by atoms with Crippen LogP contribution in [0.4, 0.5) is 0 Å². The Kier molecular flexibility index (Phi) is 4.57. The Balaban J connectivity index is 0.000000561. The molecule has 0 aromatic rings. The molecule has 0 saturated carbocycles. The Hall–Kier alpha value is -0.850. The lowest BCUT2D eigenvalue weighted by atomic mass is 9.99. The first-order chi connectivity index (χ1) is 5.63. The summed E-state index contributed by atoms with van der Waals surface area (Å²) in [7, 11) is 0. The Morgan fingerprint density at radius 3 is 1.83 bits per heavy atom. The van der Waals surface area contributed by atoms with Gasteiger partial charge >= 0.3 is 0 Å². The topological polar surface area (TPSA) is 17.1 Å². The number of hydrogen-bond donors (Lipinski definition) is 0. The van der Waals surface area contributed by atoms with Crippen LogP contribution in [0.25, 0.3) is 0 Å². The third-order valence-electron chi connectivity index (χ3n) is 1.75. The van der Waals surface area contributed by atoms with E-state index in [9.17, 15) is 4.79 Å². The van der Waals surface area contributed by atoms with Crippen LogP contribution in [-0.2, 0) is 4.79 Å². The Labute approximate surface area is 75.2 Å². The molecule has 0 saturated heterocycles. The molecule has 0 heterocycles. The molecule has 0 atom stereocenters. The van der Waals surface area contributed by atoms with Crippen LogP contribution in [0.1, 0.15) is 34.6 Å². The highest BCUT2D eigenvalue weighted by Crippen LogP contribution is 2.22. The summed E-state index contributed by atoms with van der Waals surface area (Å²) >= 11 is 0. The van der Waals surface area contributed by atoms with E-state index >= 15 is 0 Å². The van der Waals surface area contributed by atoms with E-state index in [0.29, 0.717) is 5.92 Å². The summed E-state index contributed by atoms with van der Waals surface area (Å²) in [4.78, 5) is 11.1. The first-order valence-electron chi connectivity index (χ1n) is 4.56. The molecule has 0 N–H and O–H groups in total. The van der Waals surface area contributed by atoms with Gasteiger partial charge in [0.05, 0.1) is 0 Å². The van der Waals surface area contributed by atoms with Crippen LogP contribution in [0.15, 0.2) is 23.3 Å². The lowest BCUT2D eigenvalue weighted by Gasteiger charge is -2.05. The van der Waals surface area contributed by atoms with Gasteiger partial charge in [0, 0.05) is 5.57 Å². The van der Waals surface area contributed by atoms with Crippen molar-refractivity contribution < 1.29 is 4.79 Å². The average Bonchev–Trinajstić information content (AvgIpc) is 2.35. The summed E-state index contributed by atoms with van der Waals surface area (Å²) in [5, 5.41) is 0. The predicted octanol–water partition coefficient (Wildman–Crippen LogP) is 3.12. The average molecular weight is 166 g/mol. The van der Waals surface area contributed by atoms with E-state index in [2.05, 4.69) is 0 Å². The zero-order valence-corrected chi connectivity index (χ0v) is 8.64. The fourth-order valence-corrected chi connectivity index (χ4v) is 1.31. The fraction of sp³-hybridized carbons (Fsp3) is 0.545. The quantitative estimate of drug-likeness (QED) is 0.585. The summed E-state index contributed by atoms with van der Waals surface area (Å²) in [5.41, 5.74) is 2.10. The van der Waals surface area contributed by atoms with Gasteiger partial charge in [0.25, 0.3) is 0 Å². The van der Waals surface area contributed by atoms with Crippen molar-refractivity contribution in [1.29, 1.82) is 0 Å². The van der Waals surface area contributed by atoms with Crippen LogP contribution in [-0.4, -0.2) is 5.78 Å². The summed E-state index contributed by atoms with van der Waals surface area (Å²) in [6.07, 6.45) is 3.53. The van der Waals surface area contributed by atoms with E-state index in [0.717, 1.165) is 11.1 Å². The van der Waals surface area contributed by atoms with Gasteiger partial charge in [-0.05, 0) is 24.5 Å². The van der Waals surface area contributed by atoms with Crippen LogP contribution in [0.2, 0.25) is 0 Å². The van der Waals surface area contributed by atoms with E-state index in [1.54, 1.807) is 6.08 Å². The molecule has 0 amide bonds. The lowest BCUT2D eigenvalue weighted by Crippen LogP contribution is -2.02. The van der Waals surface area contributed by atoms with E-state index in [4.69, 9.17) is 0 Å². The van der Waals surface area contributed by atoms with Gasteiger partial charge < -0.3 is 0 Å². The van der Waals surface area contributed by atoms with Gasteiger partial charge in [0.2, 0.25) is 0 Å². The Morgan fingerprint density at radius 2 is 1.67 bits per heavy atom. The molecule has 0 spiro atoms. The highest BCUT2D eigenvalue weighted by molar-refractivity contribution is 6.08. The van der Waals surface area contributed by atoms with Crippen molar-refractivity contribution in [2.75, 3.05) is 0 Å². The van der Waals surface area contributed by atoms with Crippen LogP contribution in [0.5, 0.6) is 0 Å². The van der Waals surface area contributed by atoms with Gasteiger partial charge in [-0.3, -0.25) is 4.79 Å². The van der Waals surface area contributed by atoms with Crippen molar-refractivity contribution in [3.05, 3.63) is 23.3 Å².